The molecule has 0 aliphatic rings. The van der Waals surface area contributed by atoms with E-state index in [0.29, 0.717) is 12.1 Å². The number of rotatable bonds is 6. The molecule has 0 fully saturated rings. The zero-order valence-corrected chi connectivity index (χ0v) is 19.1. The topological polar surface area (TPSA) is 113 Å². The lowest BCUT2D eigenvalue weighted by molar-refractivity contribution is 0.0846. The van der Waals surface area contributed by atoms with Gasteiger partial charge in [0, 0.05) is 30.9 Å². The molecule has 0 unspecified atom stereocenters. The van der Waals surface area contributed by atoms with Gasteiger partial charge >= 0.3 is 0 Å². The highest BCUT2D eigenvalue weighted by atomic mass is 32.2. The van der Waals surface area contributed by atoms with E-state index in [1.165, 1.54) is 38.4 Å². The zero-order valence-electron chi connectivity index (χ0n) is 18.3. The number of amides is 2. The van der Waals surface area contributed by atoms with Crippen LogP contribution in [-0.2, 0) is 16.6 Å². The van der Waals surface area contributed by atoms with Crippen molar-refractivity contribution in [1.29, 1.82) is 0 Å². The second-order valence-corrected chi connectivity index (χ2v) is 9.66. The third-order valence-electron chi connectivity index (χ3n) is 4.79. The number of nitrogens with one attached hydrogen (secondary N) is 2. The first-order valence-electron chi connectivity index (χ1n) is 9.81. The lowest BCUT2D eigenvalue weighted by Crippen LogP contribution is -2.41. The molecule has 32 heavy (non-hydrogen) atoms. The van der Waals surface area contributed by atoms with Crippen LogP contribution in [0, 0.1) is 13.8 Å². The maximum absolute atomic E-state index is 12.5. The molecule has 1 aromatic heterocycles. The van der Waals surface area contributed by atoms with Crippen molar-refractivity contribution >= 4 is 21.8 Å². The Kier molecular flexibility index (Phi) is 6.75. The summed E-state index contributed by atoms with van der Waals surface area (Å²) in [6, 6.07) is 14.6. The van der Waals surface area contributed by atoms with Crippen LogP contribution >= 0.6 is 0 Å². The molecule has 168 valence electrons. The number of hydrazine groups is 1. The Bertz CT molecular complexity index is 1260. The van der Waals surface area contributed by atoms with Crippen LogP contribution in [0.1, 0.15) is 37.7 Å². The van der Waals surface area contributed by atoms with Gasteiger partial charge in [0.05, 0.1) is 17.1 Å². The minimum absolute atomic E-state index is 0.0154. The Labute approximate surface area is 187 Å². The minimum Gasteiger partial charge on any atom is -0.267 e. The molecule has 10 heteroatoms. The van der Waals surface area contributed by atoms with Crippen LogP contribution in [0.15, 0.2) is 59.5 Å². The van der Waals surface area contributed by atoms with E-state index in [9.17, 15) is 18.0 Å². The molecule has 0 aliphatic heterocycles. The van der Waals surface area contributed by atoms with Gasteiger partial charge in [-0.15, -0.1) is 0 Å². The standard InChI is InChI=1S/C22H25N5O4S/c1-15-11-16(2)27(25-15)14-17-7-5-8-18(12-17)21(28)23-24-22(29)19-9-6-10-20(13-19)32(30,31)26(3)4/h5-13H,14H2,1-4H3,(H,23,28)(H,24,29). The lowest BCUT2D eigenvalue weighted by atomic mass is 10.1. The number of aromatic nitrogens is 2. The fraction of sp³-hybridized carbons (Fsp3) is 0.227. The molecule has 0 spiro atoms. The van der Waals surface area contributed by atoms with Crippen LogP contribution in [0.2, 0.25) is 0 Å². The van der Waals surface area contributed by atoms with Crippen LogP contribution in [-0.4, -0.2) is 48.4 Å². The smallest absolute Gasteiger partial charge is 0.267 e. The molecule has 2 amide bonds. The van der Waals surface area contributed by atoms with Crippen molar-refractivity contribution in [2.75, 3.05) is 14.1 Å². The largest absolute Gasteiger partial charge is 0.269 e. The van der Waals surface area contributed by atoms with Gasteiger partial charge < -0.3 is 0 Å². The van der Waals surface area contributed by atoms with Crippen molar-refractivity contribution < 1.29 is 18.0 Å². The van der Waals surface area contributed by atoms with Gasteiger partial charge in [-0.25, -0.2) is 12.7 Å². The molecular weight excluding hydrogens is 430 g/mol. The number of carbonyl (C=O) groups is 2. The van der Waals surface area contributed by atoms with Crippen LogP contribution in [0.25, 0.3) is 0 Å². The van der Waals surface area contributed by atoms with Gasteiger partial charge in [-0.05, 0) is 55.8 Å². The van der Waals surface area contributed by atoms with Gasteiger partial charge in [0.15, 0.2) is 0 Å². The Hall–Kier alpha value is -3.50. The maximum Gasteiger partial charge on any atom is 0.269 e. The van der Waals surface area contributed by atoms with E-state index in [-0.39, 0.29) is 10.5 Å². The number of nitrogens with zero attached hydrogens (tertiary/aromatic N) is 3. The Morgan fingerprint density at radius 2 is 1.53 bits per heavy atom. The summed E-state index contributed by atoms with van der Waals surface area (Å²) in [5.41, 5.74) is 7.98. The van der Waals surface area contributed by atoms with E-state index < -0.39 is 21.8 Å². The summed E-state index contributed by atoms with van der Waals surface area (Å²) in [5.74, 6) is -1.13. The summed E-state index contributed by atoms with van der Waals surface area (Å²) >= 11 is 0. The predicted molar refractivity (Wildman–Crippen MR) is 119 cm³/mol. The van der Waals surface area contributed by atoms with Crippen molar-refractivity contribution in [2.45, 2.75) is 25.3 Å². The molecule has 1 heterocycles. The predicted octanol–water partition coefficient (Wildman–Crippen LogP) is 1.87. The van der Waals surface area contributed by atoms with Crippen LogP contribution in [0.5, 0.6) is 0 Å². The first kappa shape index (κ1) is 23.2. The van der Waals surface area contributed by atoms with Gasteiger partial charge in [-0.1, -0.05) is 18.2 Å². The van der Waals surface area contributed by atoms with Crippen LogP contribution in [0.3, 0.4) is 0 Å². The average molecular weight is 456 g/mol. The molecule has 0 radical (unpaired) electrons. The molecule has 2 N–H and O–H groups in total. The maximum atomic E-state index is 12.5. The number of benzene rings is 2. The summed E-state index contributed by atoms with van der Waals surface area (Å²) in [4.78, 5) is 24.9. The van der Waals surface area contributed by atoms with E-state index in [2.05, 4.69) is 16.0 Å². The van der Waals surface area contributed by atoms with Crippen LogP contribution < -0.4 is 10.9 Å². The molecule has 0 saturated carbocycles. The molecule has 0 atom stereocenters. The highest BCUT2D eigenvalue weighted by Crippen LogP contribution is 2.15. The molecule has 3 rings (SSSR count). The van der Waals surface area contributed by atoms with E-state index in [1.807, 2.05) is 30.7 Å². The minimum atomic E-state index is -3.68. The third kappa shape index (κ3) is 5.21. The average Bonchev–Trinajstić information content (AvgIpc) is 3.08. The van der Waals surface area contributed by atoms with Crippen LogP contribution in [0.4, 0.5) is 0 Å². The molecular formula is C22H25N5O4S. The molecule has 0 aliphatic carbocycles. The van der Waals surface area contributed by atoms with Crippen molar-refractivity contribution in [1.82, 2.24) is 24.9 Å². The number of carbonyl (C=O) groups excluding carboxylic acids is 2. The Morgan fingerprint density at radius 3 is 2.09 bits per heavy atom. The van der Waals surface area contributed by atoms with Gasteiger partial charge in [0.2, 0.25) is 10.0 Å². The fourth-order valence-corrected chi connectivity index (χ4v) is 4.03. The second kappa shape index (κ2) is 9.33. The van der Waals surface area contributed by atoms with E-state index >= 15 is 0 Å². The number of hydrogen-bond acceptors (Lipinski definition) is 5. The normalized spacial score (nSPS) is 11.4. The first-order chi connectivity index (χ1) is 15.1. The number of aryl methyl sites for hydroxylation is 2. The highest BCUT2D eigenvalue weighted by Gasteiger charge is 2.19. The lowest BCUT2D eigenvalue weighted by Gasteiger charge is -2.13. The fourth-order valence-electron chi connectivity index (χ4n) is 3.09. The Morgan fingerprint density at radius 1 is 0.938 bits per heavy atom. The van der Waals surface area contributed by atoms with Crippen molar-refractivity contribution in [2.24, 2.45) is 0 Å². The van der Waals surface area contributed by atoms with Gasteiger partial charge in [-0.3, -0.25) is 25.1 Å². The molecule has 0 bridgehead atoms. The zero-order chi connectivity index (χ0) is 23.5. The molecule has 0 saturated heterocycles. The van der Waals surface area contributed by atoms with Crippen molar-refractivity contribution in [3.8, 4) is 0 Å². The number of hydrogen-bond donors (Lipinski definition) is 2. The summed E-state index contributed by atoms with van der Waals surface area (Å²) in [5, 5.41) is 4.42. The summed E-state index contributed by atoms with van der Waals surface area (Å²) in [7, 11) is -0.865. The first-order valence-corrected chi connectivity index (χ1v) is 11.2. The summed E-state index contributed by atoms with van der Waals surface area (Å²) < 4.78 is 27.4. The molecule has 3 aromatic rings. The molecule has 9 nitrogen and oxygen atoms in total. The van der Waals surface area contributed by atoms with Gasteiger partial charge in [-0.2, -0.15) is 5.10 Å². The van der Waals surface area contributed by atoms with Gasteiger partial charge in [0.1, 0.15) is 0 Å². The summed E-state index contributed by atoms with van der Waals surface area (Å²) in [6.45, 7) is 4.40. The quantitative estimate of drug-likeness (QED) is 0.551. The van der Waals surface area contributed by atoms with Crippen molar-refractivity contribution in [3.05, 3.63) is 82.7 Å². The molecule has 2 aromatic carbocycles. The number of sulfonamides is 1. The Balaban J connectivity index is 1.67. The van der Waals surface area contributed by atoms with Crippen molar-refractivity contribution in [3.63, 3.8) is 0 Å². The highest BCUT2D eigenvalue weighted by molar-refractivity contribution is 7.89. The van der Waals surface area contributed by atoms with E-state index in [1.54, 1.807) is 18.2 Å². The SMILES string of the molecule is Cc1cc(C)n(Cc2cccc(C(=O)NNC(=O)c3cccc(S(=O)(=O)N(C)C)c3)c2)n1. The monoisotopic (exact) mass is 455 g/mol. The third-order valence-corrected chi connectivity index (χ3v) is 6.60. The van der Waals surface area contributed by atoms with E-state index in [4.69, 9.17) is 0 Å². The van der Waals surface area contributed by atoms with E-state index in [0.717, 1.165) is 21.3 Å². The van der Waals surface area contributed by atoms with Gasteiger partial charge in [0.25, 0.3) is 11.8 Å². The second-order valence-electron chi connectivity index (χ2n) is 7.51. The summed E-state index contributed by atoms with van der Waals surface area (Å²) in [6.07, 6.45) is 0.